The molecule has 0 radical (unpaired) electrons. The molecule has 1 aromatic carbocycles. The summed E-state index contributed by atoms with van der Waals surface area (Å²) < 4.78 is 21.5. The number of ether oxygens (including phenoxy) is 4. The smallest absolute Gasteiger partial charge is 0.410 e. The van der Waals surface area contributed by atoms with E-state index in [4.69, 9.17) is 18.9 Å². The van der Waals surface area contributed by atoms with Crippen molar-refractivity contribution in [3.63, 3.8) is 0 Å². The number of carbonyl (C=O) groups is 1. The predicted molar refractivity (Wildman–Crippen MR) is 118 cm³/mol. The van der Waals surface area contributed by atoms with E-state index in [9.17, 15) is 4.79 Å². The number of carbonyl (C=O) groups excluding carboxylic acids is 1. The molecule has 0 aromatic heterocycles. The Bertz CT molecular complexity index is 691. The minimum atomic E-state index is -0.518. The van der Waals surface area contributed by atoms with Crippen molar-refractivity contribution in [3.05, 3.63) is 17.7 Å². The van der Waals surface area contributed by atoms with Gasteiger partial charge in [0.2, 0.25) is 5.75 Å². The maximum absolute atomic E-state index is 12.2. The zero-order valence-electron chi connectivity index (χ0n) is 19.4. The van der Waals surface area contributed by atoms with Gasteiger partial charge in [-0.3, -0.25) is 4.99 Å². The lowest BCUT2D eigenvalue weighted by Crippen LogP contribution is -2.44. The molecule has 0 aliphatic rings. The highest BCUT2D eigenvalue weighted by molar-refractivity contribution is 5.79. The van der Waals surface area contributed by atoms with Gasteiger partial charge in [-0.2, -0.15) is 0 Å². The average molecular weight is 425 g/mol. The molecule has 9 heteroatoms. The second-order valence-electron chi connectivity index (χ2n) is 7.45. The molecule has 0 atom stereocenters. The predicted octanol–water partition coefficient (Wildman–Crippen LogP) is 2.63. The third-order valence-corrected chi connectivity index (χ3v) is 4.12. The van der Waals surface area contributed by atoms with E-state index >= 15 is 0 Å². The molecule has 0 aliphatic heterocycles. The first kappa shape index (κ1) is 25.2. The number of hydrogen-bond donors (Lipinski definition) is 2. The number of hydrogen-bond acceptors (Lipinski definition) is 6. The van der Waals surface area contributed by atoms with E-state index in [0.29, 0.717) is 49.4 Å². The van der Waals surface area contributed by atoms with Gasteiger partial charge < -0.3 is 34.5 Å². The van der Waals surface area contributed by atoms with Crippen LogP contribution in [0.15, 0.2) is 17.1 Å². The summed E-state index contributed by atoms with van der Waals surface area (Å²) in [6.45, 7) is 9.57. The Labute approximate surface area is 179 Å². The van der Waals surface area contributed by atoms with Crippen LogP contribution in [0, 0.1) is 0 Å². The van der Waals surface area contributed by atoms with Gasteiger partial charge in [0.05, 0.1) is 21.3 Å². The largest absolute Gasteiger partial charge is 0.493 e. The van der Waals surface area contributed by atoms with E-state index < -0.39 is 5.60 Å². The number of nitrogens with zero attached hydrogens (tertiary/aromatic N) is 2. The minimum Gasteiger partial charge on any atom is -0.493 e. The van der Waals surface area contributed by atoms with E-state index in [-0.39, 0.29) is 6.09 Å². The molecule has 1 rings (SSSR count). The van der Waals surface area contributed by atoms with Gasteiger partial charge in [-0.15, -0.1) is 0 Å². The molecule has 1 amide bonds. The van der Waals surface area contributed by atoms with Crippen LogP contribution in [0.4, 0.5) is 4.79 Å². The number of amides is 1. The van der Waals surface area contributed by atoms with Crippen LogP contribution < -0.4 is 24.8 Å². The lowest BCUT2D eigenvalue weighted by Gasteiger charge is -2.26. The molecule has 0 bridgehead atoms. The van der Waals surface area contributed by atoms with E-state index in [1.807, 2.05) is 39.8 Å². The van der Waals surface area contributed by atoms with Crippen LogP contribution >= 0.6 is 0 Å². The minimum absolute atomic E-state index is 0.327. The van der Waals surface area contributed by atoms with E-state index in [1.165, 1.54) is 0 Å². The first-order chi connectivity index (χ1) is 14.2. The number of guanidine groups is 1. The highest BCUT2D eigenvalue weighted by atomic mass is 16.6. The molecular formula is C21H36N4O5. The highest BCUT2D eigenvalue weighted by Gasteiger charge is 2.20. The molecule has 30 heavy (non-hydrogen) atoms. The maximum atomic E-state index is 12.2. The van der Waals surface area contributed by atoms with Crippen molar-refractivity contribution in [1.82, 2.24) is 15.5 Å². The first-order valence-corrected chi connectivity index (χ1v) is 9.90. The van der Waals surface area contributed by atoms with Crippen LogP contribution in [-0.2, 0) is 11.3 Å². The van der Waals surface area contributed by atoms with Gasteiger partial charge >= 0.3 is 6.09 Å². The van der Waals surface area contributed by atoms with Crippen molar-refractivity contribution >= 4 is 12.1 Å². The molecule has 0 spiro atoms. The fourth-order valence-electron chi connectivity index (χ4n) is 2.66. The fourth-order valence-corrected chi connectivity index (χ4v) is 2.66. The summed E-state index contributed by atoms with van der Waals surface area (Å²) in [6, 6.07) is 3.76. The Morgan fingerprint density at radius 1 is 1.07 bits per heavy atom. The number of benzene rings is 1. The van der Waals surface area contributed by atoms with E-state index in [2.05, 4.69) is 15.6 Å². The highest BCUT2D eigenvalue weighted by Crippen LogP contribution is 2.38. The molecule has 9 nitrogen and oxygen atoms in total. The summed E-state index contributed by atoms with van der Waals surface area (Å²) in [5.74, 6) is 2.34. The van der Waals surface area contributed by atoms with Gasteiger partial charge in [0, 0.05) is 33.2 Å². The van der Waals surface area contributed by atoms with Crippen LogP contribution in [0.1, 0.15) is 33.3 Å². The van der Waals surface area contributed by atoms with Crippen LogP contribution in [0.3, 0.4) is 0 Å². The monoisotopic (exact) mass is 424 g/mol. The zero-order chi connectivity index (χ0) is 22.7. The third-order valence-electron chi connectivity index (χ3n) is 4.12. The standard InChI is InChI=1S/C21H36N4O5/c1-9-25(20(26)30-21(2,3)4)11-10-23-19(22-5)24-14-15-12-16(27-6)18(29-8)17(13-15)28-7/h12-13H,9-11,14H2,1-8H3,(H2,22,23,24). The summed E-state index contributed by atoms with van der Waals surface area (Å²) >= 11 is 0. The van der Waals surface area contributed by atoms with Crippen molar-refractivity contribution in [3.8, 4) is 17.2 Å². The molecular weight excluding hydrogens is 388 g/mol. The molecule has 170 valence electrons. The normalized spacial score (nSPS) is 11.5. The van der Waals surface area contributed by atoms with Crippen LogP contribution in [0.2, 0.25) is 0 Å². The SMILES string of the molecule is CCN(CCNC(=NC)NCc1cc(OC)c(OC)c(OC)c1)C(=O)OC(C)(C)C. The zero-order valence-corrected chi connectivity index (χ0v) is 19.4. The molecule has 1 aromatic rings. The second-order valence-corrected chi connectivity index (χ2v) is 7.45. The van der Waals surface area contributed by atoms with Gasteiger partial charge in [0.1, 0.15) is 5.60 Å². The van der Waals surface area contributed by atoms with Gasteiger partial charge in [-0.05, 0) is 45.4 Å². The topological polar surface area (TPSA) is 93.7 Å². The number of rotatable bonds is 9. The summed E-state index contributed by atoms with van der Waals surface area (Å²) in [7, 11) is 6.43. The lowest BCUT2D eigenvalue weighted by atomic mass is 10.2. The summed E-state index contributed by atoms with van der Waals surface area (Å²) in [6.07, 6.45) is -0.327. The number of nitrogens with one attached hydrogen (secondary N) is 2. The molecule has 0 unspecified atom stereocenters. The molecule has 0 saturated carbocycles. The molecule has 2 N–H and O–H groups in total. The number of methoxy groups -OCH3 is 3. The van der Waals surface area contributed by atoms with Crippen LogP contribution in [-0.4, -0.2) is 70.6 Å². The Hall–Kier alpha value is -2.84. The Balaban J connectivity index is 2.64. The van der Waals surface area contributed by atoms with Crippen molar-refractivity contribution in [2.45, 2.75) is 39.8 Å². The van der Waals surface area contributed by atoms with E-state index in [1.54, 1.807) is 33.3 Å². The average Bonchev–Trinajstić information content (AvgIpc) is 2.70. The Morgan fingerprint density at radius 2 is 1.67 bits per heavy atom. The van der Waals surface area contributed by atoms with Crippen molar-refractivity contribution in [1.29, 1.82) is 0 Å². The second kappa shape index (κ2) is 12.0. The lowest BCUT2D eigenvalue weighted by molar-refractivity contribution is 0.0264. The summed E-state index contributed by atoms with van der Waals surface area (Å²) in [4.78, 5) is 18.1. The Kier molecular flexibility index (Phi) is 10.1. The first-order valence-electron chi connectivity index (χ1n) is 9.90. The number of likely N-dealkylation sites (N-methyl/N-ethyl adjacent to an activating group) is 1. The van der Waals surface area contributed by atoms with Crippen LogP contribution in [0.5, 0.6) is 17.2 Å². The van der Waals surface area contributed by atoms with Gasteiger partial charge in [0.25, 0.3) is 0 Å². The molecule has 0 saturated heterocycles. The molecule has 0 aliphatic carbocycles. The Morgan fingerprint density at radius 3 is 2.10 bits per heavy atom. The number of aliphatic imine (C=N–C) groups is 1. The van der Waals surface area contributed by atoms with Crippen molar-refractivity contribution in [2.24, 2.45) is 4.99 Å². The maximum Gasteiger partial charge on any atom is 0.410 e. The molecule has 0 heterocycles. The van der Waals surface area contributed by atoms with Crippen LogP contribution in [0.25, 0.3) is 0 Å². The van der Waals surface area contributed by atoms with Gasteiger partial charge in [0.15, 0.2) is 17.5 Å². The van der Waals surface area contributed by atoms with Crippen molar-refractivity contribution in [2.75, 3.05) is 48.0 Å². The summed E-state index contributed by atoms with van der Waals surface area (Å²) in [5, 5.41) is 6.44. The third kappa shape index (κ3) is 7.88. The summed E-state index contributed by atoms with van der Waals surface area (Å²) in [5.41, 5.74) is 0.423. The van der Waals surface area contributed by atoms with Gasteiger partial charge in [-0.1, -0.05) is 0 Å². The van der Waals surface area contributed by atoms with E-state index in [0.717, 1.165) is 5.56 Å². The fraction of sp³-hybridized carbons (Fsp3) is 0.619. The van der Waals surface area contributed by atoms with Gasteiger partial charge in [-0.25, -0.2) is 4.79 Å². The quantitative estimate of drug-likeness (QED) is 0.465. The van der Waals surface area contributed by atoms with Crippen molar-refractivity contribution < 1.29 is 23.7 Å². The molecule has 0 fully saturated rings.